The predicted molar refractivity (Wildman–Crippen MR) is 65.8 cm³/mol. The van der Waals surface area contributed by atoms with E-state index in [0.717, 1.165) is 48.5 Å². The van der Waals surface area contributed by atoms with E-state index in [9.17, 15) is 0 Å². The molecule has 2 aliphatic heterocycles. The van der Waals surface area contributed by atoms with E-state index in [1.807, 2.05) is 12.1 Å². The van der Waals surface area contributed by atoms with E-state index in [0.29, 0.717) is 6.61 Å². The smallest absolute Gasteiger partial charge is 0.195 e. The molecule has 1 unspecified atom stereocenters. The summed E-state index contributed by atoms with van der Waals surface area (Å²) in [6.07, 6.45) is 3.15. The highest BCUT2D eigenvalue weighted by Crippen LogP contribution is 2.47. The minimum atomic E-state index is -0.548. The van der Waals surface area contributed by atoms with Crippen molar-refractivity contribution in [2.75, 3.05) is 20.8 Å². The Bertz CT molecular complexity index is 449. The summed E-state index contributed by atoms with van der Waals surface area (Å²) in [5, 5.41) is 0. The molecule has 1 fully saturated rings. The average molecular weight is 250 g/mol. The van der Waals surface area contributed by atoms with Crippen molar-refractivity contribution in [3.8, 4) is 11.5 Å². The van der Waals surface area contributed by atoms with Crippen LogP contribution < -0.4 is 9.47 Å². The first-order valence-corrected chi connectivity index (χ1v) is 6.32. The second kappa shape index (κ2) is 4.44. The number of hydrogen-bond donors (Lipinski definition) is 0. The first-order valence-electron chi connectivity index (χ1n) is 6.32. The van der Waals surface area contributed by atoms with Crippen LogP contribution in [-0.2, 0) is 21.9 Å². The number of rotatable bonds is 2. The van der Waals surface area contributed by atoms with E-state index >= 15 is 0 Å². The molecule has 1 atom stereocenters. The zero-order valence-corrected chi connectivity index (χ0v) is 10.8. The normalized spacial score (nSPS) is 26.1. The Morgan fingerprint density at radius 2 is 1.83 bits per heavy atom. The van der Waals surface area contributed by atoms with E-state index in [4.69, 9.17) is 18.9 Å². The fourth-order valence-corrected chi connectivity index (χ4v) is 2.76. The van der Waals surface area contributed by atoms with Crippen molar-refractivity contribution in [3.63, 3.8) is 0 Å². The van der Waals surface area contributed by atoms with Crippen molar-refractivity contribution in [2.24, 2.45) is 0 Å². The predicted octanol–water partition coefficient (Wildman–Crippen LogP) is 2.59. The van der Waals surface area contributed by atoms with Crippen LogP contribution in [0.25, 0.3) is 0 Å². The minimum Gasteiger partial charge on any atom is -0.493 e. The lowest BCUT2D eigenvalue weighted by molar-refractivity contribution is -0.257. The molecule has 1 aromatic rings. The third kappa shape index (κ3) is 1.68. The van der Waals surface area contributed by atoms with E-state index < -0.39 is 5.79 Å². The molecule has 4 nitrogen and oxygen atoms in total. The Hall–Kier alpha value is -1.26. The van der Waals surface area contributed by atoms with Gasteiger partial charge in [-0.2, -0.15) is 0 Å². The van der Waals surface area contributed by atoms with Gasteiger partial charge >= 0.3 is 0 Å². The molecule has 0 radical (unpaired) electrons. The van der Waals surface area contributed by atoms with Gasteiger partial charge in [-0.25, -0.2) is 0 Å². The lowest BCUT2D eigenvalue weighted by atomic mass is 9.95. The van der Waals surface area contributed by atoms with E-state index in [-0.39, 0.29) is 0 Å². The molecule has 0 aromatic heterocycles. The van der Waals surface area contributed by atoms with Crippen LogP contribution in [0.2, 0.25) is 0 Å². The Balaban J connectivity index is 2.05. The van der Waals surface area contributed by atoms with Gasteiger partial charge in [0, 0.05) is 12.0 Å². The molecule has 0 aliphatic carbocycles. The van der Waals surface area contributed by atoms with Crippen LogP contribution in [0.1, 0.15) is 30.4 Å². The second-order valence-corrected chi connectivity index (χ2v) is 4.71. The minimum absolute atomic E-state index is 0.548. The zero-order chi connectivity index (χ0) is 12.6. The van der Waals surface area contributed by atoms with Crippen molar-refractivity contribution in [3.05, 3.63) is 23.3 Å². The van der Waals surface area contributed by atoms with Gasteiger partial charge in [-0.1, -0.05) is 0 Å². The van der Waals surface area contributed by atoms with Crippen LogP contribution in [0, 0.1) is 0 Å². The molecule has 1 spiro atoms. The maximum Gasteiger partial charge on any atom is 0.195 e. The lowest BCUT2D eigenvalue weighted by Crippen LogP contribution is -2.32. The third-order valence-corrected chi connectivity index (χ3v) is 3.72. The Morgan fingerprint density at radius 1 is 1.06 bits per heavy atom. The highest BCUT2D eigenvalue weighted by atomic mass is 16.7. The molecule has 2 aliphatic rings. The third-order valence-electron chi connectivity index (χ3n) is 3.72. The quantitative estimate of drug-likeness (QED) is 0.808. The maximum absolute atomic E-state index is 5.92. The van der Waals surface area contributed by atoms with E-state index in [1.165, 1.54) is 0 Å². The van der Waals surface area contributed by atoms with Gasteiger partial charge in [0.05, 0.1) is 27.4 Å². The van der Waals surface area contributed by atoms with Crippen molar-refractivity contribution in [1.29, 1.82) is 0 Å². The highest BCUT2D eigenvalue weighted by molar-refractivity contribution is 5.50. The standard InChI is InChI=1S/C14H18O4/c1-15-12-7-10-9-18-14(5-3-4-6-17-14)11(10)8-13(12)16-2/h7-8H,3-6,9H2,1-2H3. The van der Waals surface area contributed by atoms with Crippen molar-refractivity contribution >= 4 is 0 Å². The first-order chi connectivity index (χ1) is 8.79. The fourth-order valence-electron chi connectivity index (χ4n) is 2.76. The summed E-state index contributed by atoms with van der Waals surface area (Å²) in [7, 11) is 3.29. The summed E-state index contributed by atoms with van der Waals surface area (Å²) in [6, 6.07) is 3.98. The van der Waals surface area contributed by atoms with Gasteiger partial charge in [0.2, 0.25) is 0 Å². The summed E-state index contributed by atoms with van der Waals surface area (Å²) < 4.78 is 22.5. The summed E-state index contributed by atoms with van der Waals surface area (Å²) in [4.78, 5) is 0. The average Bonchev–Trinajstić information content (AvgIpc) is 2.76. The molecular weight excluding hydrogens is 232 g/mol. The van der Waals surface area contributed by atoms with Crippen molar-refractivity contribution < 1.29 is 18.9 Å². The molecule has 0 bridgehead atoms. The molecule has 3 rings (SSSR count). The number of fused-ring (bicyclic) bond motifs is 2. The SMILES string of the molecule is COc1cc2c(cc1OC)C1(CCCCO1)OC2. The van der Waals surface area contributed by atoms with Gasteiger partial charge in [-0.3, -0.25) is 0 Å². The van der Waals surface area contributed by atoms with Gasteiger partial charge in [0.1, 0.15) is 0 Å². The first kappa shape index (κ1) is 11.8. The molecule has 18 heavy (non-hydrogen) atoms. The van der Waals surface area contributed by atoms with E-state index in [2.05, 4.69) is 0 Å². The van der Waals surface area contributed by atoms with Crippen molar-refractivity contribution in [2.45, 2.75) is 31.7 Å². The van der Waals surface area contributed by atoms with Crippen LogP contribution in [0.15, 0.2) is 12.1 Å². The Labute approximate surface area is 107 Å². The van der Waals surface area contributed by atoms with Gasteiger partial charge in [0.15, 0.2) is 17.3 Å². The topological polar surface area (TPSA) is 36.9 Å². The number of hydrogen-bond acceptors (Lipinski definition) is 4. The van der Waals surface area contributed by atoms with Crippen LogP contribution in [0.4, 0.5) is 0 Å². The number of ether oxygens (including phenoxy) is 4. The molecule has 0 amide bonds. The van der Waals surface area contributed by atoms with Gasteiger partial charge in [0.25, 0.3) is 0 Å². The molecule has 0 N–H and O–H groups in total. The summed E-state index contributed by atoms with van der Waals surface area (Å²) in [5.74, 6) is 0.927. The summed E-state index contributed by atoms with van der Waals surface area (Å²) in [5.41, 5.74) is 2.23. The van der Waals surface area contributed by atoms with Crippen LogP contribution >= 0.6 is 0 Å². The molecule has 0 saturated carbocycles. The van der Waals surface area contributed by atoms with E-state index in [1.54, 1.807) is 14.2 Å². The molecule has 1 aromatic carbocycles. The molecular formula is C14H18O4. The molecule has 2 heterocycles. The van der Waals surface area contributed by atoms with Gasteiger partial charge in [-0.15, -0.1) is 0 Å². The zero-order valence-electron chi connectivity index (χ0n) is 10.8. The lowest BCUT2D eigenvalue weighted by Gasteiger charge is -2.33. The Morgan fingerprint density at radius 3 is 2.50 bits per heavy atom. The van der Waals surface area contributed by atoms with Crippen LogP contribution in [-0.4, -0.2) is 20.8 Å². The molecule has 1 saturated heterocycles. The largest absolute Gasteiger partial charge is 0.493 e. The summed E-state index contributed by atoms with van der Waals surface area (Å²) in [6.45, 7) is 1.34. The fraction of sp³-hybridized carbons (Fsp3) is 0.571. The molecule has 4 heteroatoms. The second-order valence-electron chi connectivity index (χ2n) is 4.71. The highest BCUT2D eigenvalue weighted by Gasteiger charge is 2.43. The number of methoxy groups -OCH3 is 2. The maximum atomic E-state index is 5.92. The van der Waals surface area contributed by atoms with Crippen LogP contribution in [0.5, 0.6) is 11.5 Å². The number of benzene rings is 1. The van der Waals surface area contributed by atoms with Gasteiger partial charge in [-0.05, 0) is 30.5 Å². The Kier molecular flexibility index (Phi) is 2.92. The monoisotopic (exact) mass is 250 g/mol. The summed E-state index contributed by atoms with van der Waals surface area (Å²) >= 11 is 0. The van der Waals surface area contributed by atoms with Gasteiger partial charge < -0.3 is 18.9 Å². The van der Waals surface area contributed by atoms with Crippen LogP contribution in [0.3, 0.4) is 0 Å². The molecule has 98 valence electrons. The van der Waals surface area contributed by atoms with Crippen molar-refractivity contribution in [1.82, 2.24) is 0 Å².